The van der Waals surface area contributed by atoms with Gasteiger partial charge in [-0.1, -0.05) is 51.3 Å². The fourth-order valence-electron chi connectivity index (χ4n) is 2.00. The largest absolute Gasteiger partial charge is 0.494 e. The molecule has 1 unspecified atom stereocenters. The van der Waals surface area contributed by atoms with Gasteiger partial charge in [-0.15, -0.1) is 0 Å². The predicted octanol–water partition coefficient (Wildman–Crippen LogP) is 5.67. The molecule has 0 aliphatic carbocycles. The Bertz CT molecular complexity index is 615. The van der Waals surface area contributed by atoms with Gasteiger partial charge in [-0.05, 0) is 37.6 Å². The van der Waals surface area contributed by atoms with E-state index in [0.29, 0.717) is 6.61 Å². The molecule has 0 amide bonds. The second kappa shape index (κ2) is 6.59. The molecule has 0 spiro atoms. The summed E-state index contributed by atoms with van der Waals surface area (Å²) in [6.45, 7) is 4.54. The average Bonchev–Trinajstić information content (AvgIpc) is 2.43. The van der Waals surface area contributed by atoms with E-state index in [9.17, 15) is 4.39 Å². The van der Waals surface area contributed by atoms with Crippen LogP contribution in [-0.4, -0.2) is 6.61 Å². The van der Waals surface area contributed by atoms with Gasteiger partial charge in [0, 0.05) is 5.56 Å². The van der Waals surface area contributed by atoms with Crippen LogP contribution in [0.3, 0.4) is 0 Å². The van der Waals surface area contributed by atoms with E-state index in [-0.39, 0.29) is 9.85 Å². The fourth-order valence-corrected chi connectivity index (χ4v) is 2.76. The SMILES string of the molecule is CCOc1ccc(C)cc1C(Br)c1ccc(Cl)c(F)c1. The molecule has 1 atom stereocenters. The van der Waals surface area contributed by atoms with Crippen LogP contribution in [0.15, 0.2) is 36.4 Å². The van der Waals surface area contributed by atoms with E-state index >= 15 is 0 Å². The highest BCUT2D eigenvalue weighted by molar-refractivity contribution is 9.09. The molecule has 0 saturated heterocycles. The van der Waals surface area contributed by atoms with Crippen molar-refractivity contribution in [3.8, 4) is 5.75 Å². The number of ether oxygens (including phenoxy) is 1. The standard InChI is InChI=1S/C16H15BrClFO/c1-3-20-15-7-4-10(2)8-12(15)16(17)11-5-6-13(18)14(19)9-11/h4-9,16H,3H2,1-2H3. The van der Waals surface area contributed by atoms with Gasteiger partial charge in [-0.25, -0.2) is 4.39 Å². The third-order valence-corrected chi connectivity index (χ3v) is 4.30. The molecule has 106 valence electrons. The third kappa shape index (κ3) is 3.33. The monoisotopic (exact) mass is 356 g/mol. The maximum Gasteiger partial charge on any atom is 0.142 e. The topological polar surface area (TPSA) is 9.23 Å². The Morgan fingerprint density at radius 1 is 1.25 bits per heavy atom. The molecule has 0 saturated carbocycles. The van der Waals surface area contributed by atoms with Crippen LogP contribution in [0.4, 0.5) is 4.39 Å². The minimum atomic E-state index is -0.417. The Hall–Kier alpha value is -1.06. The molecule has 2 rings (SSSR count). The summed E-state index contributed by atoms with van der Waals surface area (Å²) < 4.78 is 19.2. The summed E-state index contributed by atoms with van der Waals surface area (Å²) in [6, 6.07) is 10.8. The zero-order valence-electron chi connectivity index (χ0n) is 11.3. The first-order valence-corrected chi connectivity index (χ1v) is 7.64. The molecule has 0 heterocycles. The van der Waals surface area contributed by atoms with Crippen LogP contribution in [0.5, 0.6) is 5.75 Å². The van der Waals surface area contributed by atoms with Crippen molar-refractivity contribution in [1.29, 1.82) is 0 Å². The lowest BCUT2D eigenvalue weighted by atomic mass is 10.0. The maximum atomic E-state index is 13.6. The Labute approximate surface area is 131 Å². The molecule has 0 bridgehead atoms. The van der Waals surface area contributed by atoms with Gasteiger partial charge in [-0.2, -0.15) is 0 Å². The van der Waals surface area contributed by atoms with Crippen LogP contribution in [0.1, 0.15) is 28.4 Å². The van der Waals surface area contributed by atoms with E-state index in [1.807, 2.05) is 38.1 Å². The van der Waals surface area contributed by atoms with Crippen LogP contribution in [0.2, 0.25) is 5.02 Å². The van der Waals surface area contributed by atoms with Crippen molar-refractivity contribution in [2.75, 3.05) is 6.61 Å². The number of hydrogen-bond donors (Lipinski definition) is 0. The molecule has 20 heavy (non-hydrogen) atoms. The van der Waals surface area contributed by atoms with Gasteiger partial charge >= 0.3 is 0 Å². The molecule has 0 aromatic heterocycles. The summed E-state index contributed by atoms with van der Waals surface area (Å²) in [5, 5.41) is 0.128. The quantitative estimate of drug-likeness (QED) is 0.641. The molecule has 2 aromatic rings. The van der Waals surface area contributed by atoms with Gasteiger partial charge in [0.2, 0.25) is 0 Å². The minimum Gasteiger partial charge on any atom is -0.494 e. The second-order valence-electron chi connectivity index (χ2n) is 4.51. The van der Waals surface area contributed by atoms with Crippen molar-refractivity contribution < 1.29 is 9.13 Å². The van der Waals surface area contributed by atoms with Crippen molar-refractivity contribution in [3.63, 3.8) is 0 Å². The predicted molar refractivity (Wildman–Crippen MR) is 84.5 cm³/mol. The first kappa shape index (κ1) is 15.3. The van der Waals surface area contributed by atoms with Crippen molar-refractivity contribution in [1.82, 2.24) is 0 Å². The molecule has 2 aromatic carbocycles. The fraction of sp³-hybridized carbons (Fsp3) is 0.250. The molecule has 0 fully saturated rings. The lowest BCUT2D eigenvalue weighted by Crippen LogP contribution is -2.01. The summed E-state index contributed by atoms with van der Waals surface area (Å²) in [6.07, 6.45) is 0. The first-order valence-electron chi connectivity index (χ1n) is 6.35. The Morgan fingerprint density at radius 3 is 2.65 bits per heavy atom. The summed E-state index contributed by atoms with van der Waals surface area (Å²) in [5.41, 5.74) is 2.91. The van der Waals surface area contributed by atoms with E-state index in [2.05, 4.69) is 15.9 Å². The van der Waals surface area contributed by atoms with E-state index < -0.39 is 5.82 Å². The molecule has 0 aliphatic rings. The number of hydrogen-bond acceptors (Lipinski definition) is 1. The molecule has 0 aliphatic heterocycles. The summed E-state index contributed by atoms with van der Waals surface area (Å²) in [5.74, 6) is 0.384. The van der Waals surface area contributed by atoms with Gasteiger partial charge in [0.1, 0.15) is 11.6 Å². The number of rotatable bonds is 4. The van der Waals surface area contributed by atoms with Gasteiger partial charge in [0.25, 0.3) is 0 Å². The lowest BCUT2D eigenvalue weighted by molar-refractivity contribution is 0.337. The minimum absolute atomic E-state index is 0.128. The van der Waals surface area contributed by atoms with E-state index in [1.54, 1.807) is 6.07 Å². The van der Waals surface area contributed by atoms with Gasteiger partial charge in [0.05, 0.1) is 16.5 Å². The van der Waals surface area contributed by atoms with Gasteiger partial charge in [0.15, 0.2) is 0 Å². The van der Waals surface area contributed by atoms with E-state index in [1.165, 1.54) is 6.07 Å². The molecule has 4 heteroatoms. The first-order chi connectivity index (χ1) is 9.52. The van der Waals surface area contributed by atoms with Crippen LogP contribution in [0.25, 0.3) is 0 Å². The molecule has 0 radical (unpaired) electrons. The molecular formula is C16H15BrClFO. The Morgan fingerprint density at radius 2 is 2.00 bits per heavy atom. The van der Waals surface area contributed by atoms with Crippen LogP contribution >= 0.6 is 27.5 Å². The number of halogens is 3. The highest BCUT2D eigenvalue weighted by Gasteiger charge is 2.17. The zero-order valence-corrected chi connectivity index (χ0v) is 13.6. The van der Waals surface area contributed by atoms with Crippen LogP contribution < -0.4 is 4.74 Å². The van der Waals surface area contributed by atoms with Crippen LogP contribution in [-0.2, 0) is 0 Å². The summed E-state index contributed by atoms with van der Waals surface area (Å²) in [4.78, 5) is -0.143. The van der Waals surface area contributed by atoms with Crippen molar-refractivity contribution in [2.45, 2.75) is 18.7 Å². The zero-order chi connectivity index (χ0) is 14.7. The van der Waals surface area contributed by atoms with Crippen LogP contribution in [0, 0.1) is 12.7 Å². The number of benzene rings is 2. The lowest BCUT2D eigenvalue weighted by Gasteiger charge is -2.16. The third-order valence-electron chi connectivity index (χ3n) is 2.97. The Balaban J connectivity index is 2.43. The second-order valence-corrected chi connectivity index (χ2v) is 5.83. The smallest absolute Gasteiger partial charge is 0.142 e. The highest BCUT2D eigenvalue weighted by atomic mass is 79.9. The maximum absolute atomic E-state index is 13.6. The Kier molecular flexibility index (Phi) is 5.06. The number of aryl methyl sites for hydroxylation is 1. The van der Waals surface area contributed by atoms with Gasteiger partial charge in [-0.3, -0.25) is 0 Å². The van der Waals surface area contributed by atoms with Crippen molar-refractivity contribution in [2.24, 2.45) is 0 Å². The number of alkyl halides is 1. The molecular weight excluding hydrogens is 343 g/mol. The van der Waals surface area contributed by atoms with E-state index in [0.717, 1.165) is 22.4 Å². The van der Waals surface area contributed by atoms with Crippen molar-refractivity contribution >= 4 is 27.5 Å². The van der Waals surface area contributed by atoms with Gasteiger partial charge < -0.3 is 4.74 Å². The van der Waals surface area contributed by atoms with Crippen molar-refractivity contribution in [3.05, 3.63) is 63.9 Å². The molecule has 1 nitrogen and oxygen atoms in total. The normalized spacial score (nSPS) is 12.2. The average molecular weight is 358 g/mol. The highest BCUT2D eigenvalue weighted by Crippen LogP contribution is 2.38. The summed E-state index contributed by atoms with van der Waals surface area (Å²) >= 11 is 9.34. The summed E-state index contributed by atoms with van der Waals surface area (Å²) in [7, 11) is 0. The van der Waals surface area contributed by atoms with E-state index in [4.69, 9.17) is 16.3 Å². The molecule has 0 N–H and O–H groups in total.